The lowest BCUT2D eigenvalue weighted by Crippen LogP contribution is -2.44. The number of hydrogen-bond acceptors (Lipinski definition) is 4. The smallest absolute Gasteiger partial charge is 0.241 e. The molecule has 0 bridgehead atoms. The van der Waals surface area contributed by atoms with Gasteiger partial charge in [0.05, 0.1) is 12.1 Å². The van der Waals surface area contributed by atoms with Crippen LogP contribution in [0.15, 0.2) is 28.7 Å². The van der Waals surface area contributed by atoms with E-state index in [2.05, 4.69) is 11.4 Å². The molecule has 1 fully saturated rings. The summed E-state index contributed by atoms with van der Waals surface area (Å²) in [4.78, 5) is 12.5. The monoisotopic (exact) mass is 316 g/mol. The van der Waals surface area contributed by atoms with Crippen LogP contribution in [0.1, 0.15) is 31.6 Å². The Morgan fingerprint density at radius 2 is 2.17 bits per heavy atom. The molecule has 5 nitrogen and oxygen atoms in total. The normalized spacial score (nSPS) is 18.3. The quantitative estimate of drug-likeness (QED) is 0.944. The summed E-state index contributed by atoms with van der Waals surface area (Å²) >= 11 is 0. The van der Waals surface area contributed by atoms with Gasteiger partial charge in [0, 0.05) is 18.6 Å². The fraction of sp³-hybridized carbons (Fsp3) is 0.412. The summed E-state index contributed by atoms with van der Waals surface area (Å²) in [6.45, 7) is 2.54. The van der Waals surface area contributed by atoms with Crippen molar-refractivity contribution in [3.8, 4) is 6.07 Å². The fourth-order valence-corrected chi connectivity index (χ4v) is 2.78. The van der Waals surface area contributed by atoms with Crippen LogP contribution in [0.3, 0.4) is 0 Å². The van der Waals surface area contributed by atoms with Crippen LogP contribution in [0, 0.1) is 22.6 Å². The third-order valence-electron chi connectivity index (χ3n) is 4.28. The van der Waals surface area contributed by atoms with Gasteiger partial charge in [-0.15, -0.1) is 0 Å². The van der Waals surface area contributed by atoms with Crippen LogP contribution >= 0.6 is 0 Å². The summed E-state index contributed by atoms with van der Waals surface area (Å²) in [5.74, 6) is -0.319. The number of halogens is 1. The number of para-hydroxylation sites is 1. The molecule has 0 spiro atoms. The Kier molecular flexibility index (Phi) is 4.05. The molecular weight excluding hydrogens is 299 g/mol. The summed E-state index contributed by atoms with van der Waals surface area (Å²) < 4.78 is 24.4. The predicted octanol–water partition coefficient (Wildman–Crippen LogP) is 3.07. The van der Waals surface area contributed by atoms with Crippen LogP contribution in [-0.4, -0.2) is 19.1 Å². The van der Waals surface area contributed by atoms with Crippen LogP contribution in [0.25, 0.3) is 11.0 Å². The Hall–Kier alpha value is -2.39. The Bertz CT molecular complexity index is 772. The van der Waals surface area contributed by atoms with Crippen molar-refractivity contribution >= 4 is 16.9 Å². The number of fused-ring (bicyclic) bond motifs is 1. The van der Waals surface area contributed by atoms with Gasteiger partial charge in [-0.05, 0) is 31.9 Å². The van der Waals surface area contributed by atoms with Crippen molar-refractivity contribution < 1.29 is 18.3 Å². The molecule has 1 aromatic heterocycles. The van der Waals surface area contributed by atoms with E-state index < -0.39 is 17.3 Å². The minimum Gasteiger partial charge on any atom is -0.456 e. The Morgan fingerprint density at radius 1 is 1.43 bits per heavy atom. The summed E-state index contributed by atoms with van der Waals surface area (Å²) in [5.41, 5.74) is -0.895. The van der Waals surface area contributed by atoms with Crippen molar-refractivity contribution in [2.45, 2.75) is 25.8 Å². The molecule has 1 aliphatic rings. The minimum atomic E-state index is -1.07. The molecule has 1 aromatic carbocycles. The molecule has 6 heteroatoms. The van der Waals surface area contributed by atoms with Crippen LogP contribution in [-0.2, 0) is 9.53 Å². The highest BCUT2D eigenvalue weighted by Gasteiger charge is 2.41. The number of nitriles is 1. The van der Waals surface area contributed by atoms with Gasteiger partial charge in [0.25, 0.3) is 0 Å². The molecule has 0 aliphatic carbocycles. The van der Waals surface area contributed by atoms with Gasteiger partial charge >= 0.3 is 0 Å². The van der Waals surface area contributed by atoms with Crippen molar-refractivity contribution in [2.75, 3.05) is 13.2 Å². The number of hydrogen-bond donors (Lipinski definition) is 1. The summed E-state index contributed by atoms with van der Waals surface area (Å²) in [6, 6.07) is 8.05. The van der Waals surface area contributed by atoms with E-state index in [4.69, 9.17) is 9.15 Å². The van der Waals surface area contributed by atoms with Gasteiger partial charge in [-0.1, -0.05) is 12.1 Å². The van der Waals surface area contributed by atoms with E-state index in [0.29, 0.717) is 37.2 Å². The topological polar surface area (TPSA) is 75.3 Å². The lowest BCUT2D eigenvalue weighted by Gasteiger charge is -2.30. The first-order chi connectivity index (χ1) is 11.1. The molecule has 3 rings (SSSR count). The first-order valence-electron chi connectivity index (χ1n) is 7.54. The molecule has 1 aliphatic heterocycles. The van der Waals surface area contributed by atoms with Crippen molar-refractivity contribution in [1.82, 2.24) is 5.32 Å². The molecular formula is C17H17FN2O3. The Morgan fingerprint density at radius 3 is 2.83 bits per heavy atom. The van der Waals surface area contributed by atoms with Gasteiger partial charge in [-0.3, -0.25) is 4.79 Å². The maximum Gasteiger partial charge on any atom is 0.241 e. The van der Waals surface area contributed by atoms with Crippen LogP contribution in [0.4, 0.5) is 4.39 Å². The van der Waals surface area contributed by atoms with E-state index in [9.17, 15) is 14.4 Å². The Labute approximate surface area is 133 Å². The van der Waals surface area contributed by atoms with Gasteiger partial charge < -0.3 is 14.5 Å². The Balaban J connectivity index is 1.80. The van der Waals surface area contributed by atoms with Crippen LogP contribution < -0.4 is 5.32 Å². The van der Waals surface area contributed by atoms with Gasteiger partial charge in [0.1, 0.15) is 11.2 Å². The first kappa shape index (κ1) is 15.5. The molecule has 120 valence electrons. The van der Waals surface area contributed by atoms with Crippen molar-refractivity contribution in [1.29, 1.82) is 5.26 Å². The van der Waals surface area contributed by atoms with E-state index in [1.165, 1.54) is 6.07 Å². The van der Waals surface area contributed by atoms with E-state index >= 15 is 0 Å². The lowest BCUT2D eigenvalue weighted by atomic mass is 9.80. The van der Waals surface area contributed by atoms with Gasteiger partial charge in [-0.2, -0.15) is 5.26 Å². The number of amides is 1. The SMILES string of the molecule is CC(NC(=O)C1(C#N)CCOCC1)c1cc2cccc(F)c2o1. The third kappa shape index (κ3) is 2.80. The summed E-state index contributed by atoms with van der Waals surface area (Å²) in [5, 5.41) is 12.9. The molecule has 0 saturated carbocycles. The number of ether oxygens (including phenoxy) is 1. The zero-order valence-electron chi connectivity index (χ0n) is 12.8. The fourth-order valence-electron chi connectivity index (χ4n) is 2.78. The maximum atomic E-state index is 13.7. The molecule has 0 radical (unpaired) electrons. The zero-order chi connectivity index (χ0) is 16.4. The number of carbonyl (C=O) groups is 1. The van der Waals surface area contributed by atoms with Crippen molar-refractivity contribution in [2.24, 2.45) is 5.41 Å². The minimum absolute atomic E-state index is 0.171. The zero-order valence-corrected chi connectivity index (χ0v) is 12.8. The van der Waals surface area contributed by atoms with E-state index in [1.807, 2.05) is 0 Å². The number of nitrogens with one attached hydrogen (secondary N) is 1. The molecule has 23 heavy (non-hydrogen) atoms. The molecule has 1 unspecified atom stereocenters. The third-order valence-corrected chi connectivity index (χ3v) is 4.28. The van der Waals surface area contributed by atoms with Crippen molar-refractivity contribution in [3.05, 3.63) is 35.8 Å². The predicted molar refractivity (Wildman–Crippen MR) is 80.8 cm³/mol. The highest BCUT2D eigenvalue weighted by atomic mass is 19.1. The van der Waals surface area contributed by atoms with Gasteiger partial charge in [0.15, 0.2) is 11.4 Å². The number of furan rings is 1. The van der Waals surface area contributed by atoms with Crippen LogP contribution in [0.5, 0.6) is 0 Å². The second kappa shape index (κ2) is 6.01. The van der Waals surface area contributed by atoms with Gasteiger partial charge in [0.2, 0.25) is 5.91 Å². The standard InChI is InChI=1S/C17H17FN2O3/c1-11(14-9-12-3-2-4-13(18)15(12)23-14)20-16(21)17(10-19)5-7-22-8-6-17/h2-4,9,11H,5-8H2,1H3,(H,20,21). The van der Waals surface area contributed by atoms with Crippen LogP contribution in [0.2, 0.25) is 0 Å². The highest BCUT2D eigenvalue weighted by Crippen LogP contribution is 2.32. The first-order valence-corrected chi connectivity index (χ1v) is 7.54. The molecule has 1 amide bonds. The molecule has 1 saturated heterocycles. The second-order valence-corrected chi connectivity index (χ2v) is 5.81. The molecule has 2 aromatic rings. The number of benzene rings is 1. The lowest BCUT2D eigenvalue weighted by molar-refractivity contribution is -0.133. The van der Waals surface area contributed by atoms with Crippen molar-refractivity contribution in [3.63, 3.8) is 0 Å². The molecule has 2 heterocycles. The maximum absolute atomic E-state index is 13.7. The average Bonchev–Trinajstić information content (AvgIpc) is 3.01. The van der Waals surface area contributed by atoms with E-state index in [1.54, 1.807) is 25.1 Å². The largest absolute Gasteiger partial charge is 0.456 e. The number of rotatable bonds is 3. The molecule has 1 N–H and O–H groups in total. The summed E-state index contributed by atoms with van der Waals surface area (Å²) in [6.07, 6.45) is 0.744. The number of carbonyl (C=O) groups excluding carboxylic acids is 1. The highest BCUT2D eigenvalue weighted by molar-refractivity contribution is 5.86. The average molecular weight is 316 g/mol. The van der Waals surface area contributed by atoms with Gasteiger partial charge in [-0.25, -0.2) is 4.39 Å². The summed E-state index contributed by atoms with van der Waals surface area (Å²) in [7, 11) is 0. The van der Waals surface area contributed by atoms with E-state index in [-0.39, 0.29) is 11.5 Å². The number of nitrogens with zero attached hydrogens (tertiary/aromatic N) is 1. The second-order valence-electron chi connectivity index (χ2n) is 5.81. The molecule has 1 atom stereocenters. The van der Waals surface area contributed by atoms with E-state index in [0.717, 1.165) is 0 Å².